The van der Waals surface area contributed by atoms with Gasteiger partial charge < -0.3 is 0 Å². The molecule has 0 radical (unpaired) electrons. The van der Waals surface area contributed by atoms with Crippen molar-refractivity contribution in [1.29, 1.82) is 0 Å². The fourth-order valence-corrected chi connectivity index (χ4v) is 4.10. The summed E-state index contributed by atoms with van der Waals surface area (Å²) in [6.45, 7) is 4.56. The van der Waals surface area contributed by atoms with Crippen molar-refractivity contribution in [3.05, 3.63) is 0 Å². The highest BCUT2D eigenvalue weighted by Crippen LogP contribution is 2.14. The Balaban J connectivity index is 3.13. The van der Waals surface area contributed by atoms with Gasteiger partial charge >= 0.3 is 0 Å². The molecule has 0 aromatic carbocycles. The zero-order valence-electron chi connectivity index (χ0n) is 19.9. The molecule has 0 aliphatic carbocycles. The van der Waals surface area contributed by atoms with Crippen molar-refractivity contribution in [2.24, 2.45) is 0 Å². The first-order valence-corrected chi connectivity index (χ1v) is 13.3. The molecule has 0 aromatic rings. The number of hydrogen-bond donors (Lipinski definition) is 0. The maximum absolute atomic E-state index is 12.0. The predicted octanol–water partition coefficient (Wildman–Crippen LogP) is 9.96. The van der Waals surface area contributed by atoms with Crippen LogP contribution in [0.4, 0.5) is 0 Å². The Kier molecular flexibility index (Phi) is 24.4. The molecule has 28 heavy (non-hydrogen) atoms. The predicted molar refractivity (Wildman–Crippen MR) is 127 cm³/mol. The van der Waals surface area contributed by atoms with E-state index in [0.717, 1.165) is 25.7 Å². The highest BCUT2D eigenvalue weighted by atomic mass is 16.1. The largest absolute Gasteiger partial charge is 0.300 e. The molecule has 168 valence electrons. The van der Waals surface area contributed by atoms with E-state index in [1.807, 2.05) is 0 Å². The van der Waals surface area contributed by atoms with E-state index in [-0.39, 0.29) is 0 Å². The lowest BCUT2D eigenvalue weighted by Gasteiger charge is -2.04. The van der Waals surface area contributed by atoms with E-state index >= 15 is 0 Å². The van der Waals surface area contributed by atoms with Gasteiger partial charge in [0.25, 0.3) is 0 Å². The molecule has 0 aliphatic heterocycles. The molecule has 0 saturated heterocycles. The van der Waals surface area contributed by atoms with Gasteiger partial charge in [0.2, 0.25) is 0 Å². The fourth-order valence-electron chi connectivity index (χ4n) is 4.10. The minimum absolute atomic E-state index is 0.520. The zero-order chi connectivity index (χ0) is 20.5. The Morgan fingerprint density at radius 2 is 0.571 bits per heavy atom. The standard InChI is InChI=1S/C27H54O/c1-3-5-7-9-11-13-15-17-19-21-23-25-27(28)26-24-22-20-18-16-14-12-10-8-6-4-2/h3-26H2,1-2H3. The quantitative estimate of drug-likeness (QED) is 0.149. The van der Waals surface area contributed by atoms with Crippen LogP contribution in [0, 0.1) is 0 Å². The molecule has 0 rings (SSSR count). The summed E-state index contributed by atoms with van der Waals surface area (Å²) in [6.07, 6.45) is 31.6. The van der Waals surface area contributed by atoms with Crippen LogP contribution in [0.3, 0.4) is 0 Å². The summed E-state index contributed by atoms with van der Waals surface area (Å²) in [7, 11) is 0. The van der Waals surface area contributed by atoms with E-state index in [0.29, 0.717) is 5.78 Å². The average Bonchev–Trinajstić information content (AvgIpc) is 2.70. The van der Waals surface area contributed by atoms with Crippen LogP contribution < -0.4 is 0 Å². The Morgan fingerprint density at radius 1 is 0.357 bits per heavy atom. The highest BCUT2D eigenvalue weighted by molar-refractivity contribution is 5.78. The molecular weight excluding hydrogens is 340 g/mol. The SMILES string of the molecule is CCCCCCCCCCCCCC(=O)CCCCCCCCCCCCC. The van der Waals surface area contributed by atoms with E-state index in [1.165, 1.54) is 128 Å². The van der Waals surface area contributed by atoms with Gasteiger partial charge in [0, 0.05) is 12.8 Å². The van der Waals surface area contributed by atoms with E-state index < -0.39 is 0 Å². The summed E-state index contributed by atoms with van der Waals surface area (Å²) in [6, 6.07) is 0. The third-order valence-electron chi connectivity index (χ3n) is 6.12. The third kappa shape index (κ3) is 23.7. The van der Waals surface area contributed by atoms with Crippen LogP contribution >= 0.6 is 0 Å². The highest BCUT2D eigenvalue weighted by Gasteiger charge is 2.02. The lowest BCUT2D eigenvalue weighted by Crippen LogP contribution is -1.97. The maximum Gasteiger partial charge on any atom is 0.132 e. The average molecular weight is 395 g/mol. The second-order valence-corrected chi connectivity index (χ2v) is 9.11. The molecular formula is C27H54O. The fraction of sp³-hybridized carbons (Fsp3) is 0.963. The number of carbonyl (C=O) groups is 1. The minimum Gasteiger partial charge on any atom is -0.300 e. The molecule has 0 aliphatic rings. The van der Waals surface area contributed by atoms with Gasteiger partial charge in [-0.2, -0.15) is 0 Å². The van der Waals surface area contributed by atoms with Crippen molar-refractivity contribution in [2.45, 2.75) is 168 Å². The molecule has 1 heteroatoms. The molecule has 0 fully saturated rings. The number of Topliss-reactive ketones (excluding diaryl/α,β-unsaturated/α-hetero) is 1. The van der Waals surface area contributed by atoms with Crippen LogP contribution in [0.25, 0.3) is 0 Å². The van der Waals surface area contributed by atoms with Gasteiger partial charge in [-0.3, -0.25) is 4.79 Å². The number of carbonyl (C=O) groups excluding carboxylic acids is 1. The second-order valence-electron chi connectivity index (χ2n) is 9.11. The van der Waals surface area contributed by atoms with Crippen LogP contribution in [0.15, 0.2) is 0 Å². The van der Waals surface area contributed by atoms with E-state index in [1.54, 1.807) is 0 Å². The van der Waals surface area contributed by atoms with Gasteiger partial charge in [0.05, 0.1) is 0 Å². The molecule has 0 bridgehead atoms. The first-order chi connectivity index (χ1) is 13.8. The molecule has 0 amide bonds. The number of unbranched alkanes of at least 4 members (excludes halogenated alkanes) is 20. The van der Waals surface area contributed by atoms with E-state index in [2.05, 4.69) is 13.8 Å². The minimum atomic E-state index is 0.520. The Hall–Kier alpha value is -0.330. The molecule has 0 spiro atoms. The zero-order valence-corrected chi connectivity index (χ0v) is 19.9. The summed E-state index contributed by atoms with van der Waals surface area (Å²) in [5.74, 6) is 0.520. The van der Waals surface area contributed by atoms with Crippen molar-refractivity contribution >= 4 is 5.78 Å². The van der Waals surface area contributed by atoms with Crippen LogP contribution in [-0.2, 0) is 4.79 Å². The summed E-state index contributed by atoms with van der Waals surface area (Å²) in [5, 5.41) is 0. The van der Waals surface area contributed by atoms with Crippen LogP contribution in [0.2, 0.25) is 0 Å². The monoisotopic (exact) mass is 394 g/mol. The molecule has 1 nitrogen and oxygen atoms in total. The van der Waals surface area contributed by atoms with E-state index in [4.69, 9.17) is 0 Å². The summed E-state index contributed by atoms with van der Waals surface area (Å²) in [4.78, 5) is 12.0. The van der Waals surface area contributed by atoms with Gasteiger partial charge in [-0.1, -0.05) is 142 Å². The molecule has 0 aromatic heterocycles. The summed E-state index contributed by atoms with van der Waals surface area (Å²) in [5.41, 5.74) is 0. The number of rotatable bonds is 24. The van der Waals surface area contributed by atoms with Crippen LogP contribution in [0.1, 0.15) is 168 Å². The van der Waals surface area contributed by atoms with Gasteiger partial charge in [-0.05, 0) is 12.8 Å². The first-order valence-electron chi connectivity index (χ1n) is 13.3. The van der Waals surface area contributed by atoms with Gasteiger partial charge in [-0.15, -0.1) is 0 Å². The lowest BCUT2D eigenvalue weighted by atomic mass is 10.0. The van der Waals surface area contributed by atoms with Gasteiger partial charge in [0.15, 0.2) is 0 Å². The van der Waals surface area contributed by atoms with Crippen molar-refractivity contribution in [3.8, 4) is 0 Å². The van der Waals surface area contributed by atoms with Gasteiger partial charge in [0.1, 0.15) is 5.78 Å². The van der Waals surface area contributed by atoms with Crippen LogP contribution in [0.5, 0.6) is 0 Å². The Labute approximate surface area is 178 Å². The van der Waals surface area contributed by atoms with Crippen molar-refractivity contribution < 1.29 is 4.79 Å². The van der Waals surface area contributed by atoms with Crippen molar-refractivity contribution in [1.82, 2.24) is 0 Å². The lowest BCUT2D eigenvalue weighted by molar-refractivity contribution is -0.119. The molecule has 0 N–H and O–H groups in total. The Bertz CT molecular complexity index is 269. The van der Waals surface area contributed by atoms with Crippen LogP contribution in [-0.4, -0.2) is 5.78 Å². The number of ketones is 1. The smallest absolute Gasteiger partial charge is 0.132 e. The van der Waals surface area contributed by atoms with Gasteiger partial charge in [-0.25, -0.2) is 0 Å². The molecule has 0 saturated carbocycles. The van der Waals surface area contributed by atoms with Crippen molar-refractivity contribution in [3.63, 3.8) is 0 Å². The van der Waals surface area contributed by atoms with Crippen molar-refractivity contribution in [2.75, 3.05) is 0 Å². The number of hydrogen-bond acceptors (Lipinski definition) is 1. The maximum atomic E-state index is 12.0. The topological polar surface area (TPSA) is 17.1 Å². The van der Waals surface area contributed by atoms with E-state index in [9.17, 15) is 4.79 Å². The third-order valence-corrected chi connectivity index (χ3v) is 6.12. The summed E-state index contributed by atoms with van der Waals surface area (Å²) >= 11 is 0. The molecule has 0 heterocycles. The normalized spacial score (nSPS) is 11.2. The Morgan fingerprint density at radius 3 is 0.821 bits per heavy atom. The molecule has 0 atom stereocenters. The first kappa shape index (κ1) is 27.7. The molecule has 0 unspecified atom stereocenters. The summed E-state index contributed by atoms with van der Waals surface area (Å²) < 4.78 is 0. The second kappa shape index (κ2) is 24.7.